The molecule has 1 aromatic rings. The molecule has 0 saturated heterocycles. The first-order valence-corrected chi connectivity index (χ1v) is 7.65. The number of hydrogen-bond donors (Lipinski definition) is 2. The van der Waals surface area contributed by atoms with Gasteiger partial charge in [-0.3, -0.25) is 0 Å². The Morgan fingerprint density at radius 3 is 2.47 bits per heavy atom. The van der Waals surface area contributed by atoms with Crippen LogP contribution in [0, 0.1) is 26.2 Å². The van der Waals surface area contributed by atoms with E-state index in [0.29, 0.717) is 6.42 Å². The molecule has 0 bridgehead atoms. The van der Waals surface area contributed by atoms with Crippen molar-refractivity contribution in [2.45, 2.75) is 44.6 Å². The van der Waals surface area contributed by atoms with Crippen LogP contribution >= 0.6 is 0 Å². The molecule has 0 aliphatic rings. The average molecular weight is 280 g/mol. The summed E-state index contributed by atoms with van der Waals surface area (Å²) in [4.78, 5) is 0.0898. The second-order valence-electron chi connectivity index (χ2n) is 4.60. The van der Waals surface area contributed by atoms with Crippen molar-refractivity contribution < 1.29 is 8.42 Å². The normalized spacial score (nSPS) is 12.9. The van der Waals surface area contributed by atoms with Crippen LogP contribution in [0.4, 0.5) is 5.69 Å². The maximum atomic E-state index is 12.3. The van der Waals surface area contributed by atoms with Gasteiger partial charge in [0.1, 0.15) is 4.90 Å². The second-order valence-corrected chi connectivity index (χ2v) is 6.29. The minimum atomic E-state index is -3.68. The van der Waals surface area contributed by atoms with E-state index in [4.69, 9.17) is 12.2 Å². The average Bonchev–Trinajstić information content (AvgIpc) is 2.32. The predicted molar refractivity (Wildman–Crippen MR) is 78.2 cm³/mol. The Hall–Kier alpha value is -1.51. The Bertz CT molecular complexity index is 601. The molecule has 0 radical (unpaired) electrons. The van der Waals surface area contributed by atoms with E-state index in [2.05, 4.69) is 10.6 Å². The number of rotatable bonds is 5. The lowest BCUT2D eigenvalue weighted by atomic mass is 10.1. The standard InChI is InChI=1S/C14H20N2O2S/c1-5-7-12(6-2)16-19(17,18)14-9-11(4)10(3)8-13(14)15/h2,8-9,12,16H,5,7,15H2,1,3-4H3. The summed E-state index contributed by atoms with van der Waals surface area (Å²) in [6.07, 6.45) is 6.73. The van der Waals surface area contributed by atoms with Gasteiger partial charge in [0, 0.05) is 0 Å². The molecule has 5 heteroatoms. The fraction of sp³-hybridized carbons (Fsp3) is 0.429. The van der Waals surface area contributed by atoms with Crippen molar-refractivity contribution in [2.24, 2.45) is 0 Å². The molecule has 3 N–H and O–H groups in total. The SMILES string of the molecule is C#CC(CCC)NS(=O)(=O)c1cc(C)c(C)cc1N. The molecule has 4 nitrogen and oxygen atoms in total. The third kappa shape index (κ3) is 3.72. The van der Waals surface area contributed by atoms with Crippen molar-refractivity contribution >= 4 is 15.7 Å². The van der Waals surface area contributed by atoms with Crippen LogP contribution in [-0.2, 0) is 10.0 Å². The predicted octanol–water partition coefficient (Wildman–Crippen LogP) is 1.97. The molecular weight excluding hydrogens is 260 g/mol. The smallest absolute Gasteiger partial charge is 0.243 e. The number of aryl methyl sites for hydroxylation is 2. The van der Waals surface area contributed by atoms with Crippen molar-refractivity contribution in [3.63, 3.8) is 0 Å². The van der Waals surface area contributed by atoms with Gasteiger partial charge in [-0.25, -0.2) is 8.42 Å². The van der Waals surface area contributed by atoms with E-state index in [9.17, 15) is 8.42 Å². The van der Waals surface area contributed by atoms with Crippen molar-refractivity contribution in [1.29, 1.82) is 0 Å². The van der Waals surface area contributed by atoms with Crippen LogP contribution in [0.1, 0.15) is 30.9 Å². The number of benzene rings is 1. The minimum Gasteiger partial charge on any atom is -0.398 e. The summed E-state index contributed by atoms with van der Waals surface area (Å²) in [5.41, 5.74) is 7.87. The van der Waals surface area contributed by atoms with Crippen LogP contribution in [0.3, 0.4) is 0 Å². The van der Waals surface area contributed by atoms with Gasteiger partial charge in [0.15, 0.2) is 0 Å². The highest BCUT2D eigenvalue weighted by Gasteiger charge is 2.21. The highest BCUT2D eigenvalue weighted by atomic mass is 32.2. The second kappa shape index (κ2) is 6.09. The fourth-order valence-corrected chi connectivity index (χ4v) is 3.15. The minimum absolute atomic E-state index is 0.0898. The zero-order chi connectivity index (χ0) is 14.6. The van der Waals surface area contributed by atoms with Crippen LogP contribution < -0.4 is 10.5 Å². The highest BCUT2D eigenvalue weighted by molar-refractivity contribution is 7.89. The zero-order valence-electron chi connectivity index (χ0n) is 11.5. The number of terminal acetylenes is 1. The van der Waals surface area contributed by atoms with E-state index in [1.165, 1.54) is 0 Å². The first-order valence-electron chi connectivity index (χ1n) is 6.17. The summed E-state index contributed by atoms with van der Waals surface area (Å²) in [5.74, 6) is 2.44. The summed E-state index contributed by atoms with van der Waals surface area (Å²) < 4.78 is 27.1. The molecule has 19 heavy (non-hydrogen) atoms. The first-order chi connectivity index (χ1) is 8.81. The van der Waals surface area contributed by atoms with Crippen LogP contribution in [0.5, 0.6) is 0 Å². The first kappa shape index (κ1) is 15.5. The number of anilines is 1. The van der Waals surface area contributed by atoms with Gasteiger partial charge in [-0.1, -0.05) is 19.3 Å². The van der Waals surface area contributed by atoms with Gasteiger partial charge < -0.3 is 5.73 Å². The summed E-state index contributed by atoms with van der Waals surface area (Å²) >= 11 is 0. The lowest BCUT2D eigenvalue weighted by Crippen LogP contribution is -2.34. The molecule has 1 aromatic carbocycles. The van der Waals surface area contributed by atoms with Gasteiger partial charge in [-0.15, -0.1) is 6.42 Å². The monoisotopic (exact) mass is 280 g/mol. The Morgan fingerprint density at radius 2 is 1.95 bits per heavy atom. The molecule has 0 aliphatic heterocycles. The molecule has 0 fully saturated rings. The Balaban J connectivity index is 3.14. The maximum Gasteiger partial charge on any atom is 0.243 e. The molecule has 0 saturated carbocycles. The van der Waals surface area contributed by atoms with E-state index in [-0.39, 0.29) is 10.6 Å². The largest absolute Gasteiger partial charge is 0.398 e. The number of sulfonamides is 1. The van der Waals surface area contributed by atoms with Gasteiger partial charge >= 0.3 is 0 Å². The van der Waals surface area contributed by atoms with Crippen LogP contribution in [0.15, 0.2) is 17.0 Å². The third-order valence-corrected chi connectivity index (χ3v) is 4.52. The van der Waals surface area contributed by atoms with E-state index in [1.807, 2.05) is 20.8 Å². The van der Waals surface area contributed by atoms with Crippen LogP contribution in [0.2, 0.25) is 0 Å². The van der Waals surface area contributed by atoms with Crippen molar-refractivity contribution in [2.75, 3.05) is 5.73 Å². The fourth-order valence-electron chi connectivity index (χ4n) is 1.76. The van der Waals surface area contributed by atoms with Crippen molar-refractivity contribution in [3.05, 3.63) is 23.3 Å². The quantitative estimate of drug-likeness (QED) is 0.640. The van der Waals surface area contributed by atoms with Crippen LogP contribution in [0.25, 0.3) is 0 Å². The molecule has 0 amide bonds. The number of nitrogens with one attached hydrogen (secondary N) is 1. The molecule has 0 aromatic heterocycles. The van der Waals surface area contributed by atoms with Gasteiger partial charge in [0.25, 0.3) is 0 Å². The summed E-state index contributed by atoms with van der Waals surface area (Å²) in [5, 5.41) is 0. The third-order valence-electron chi connectivity index (χ3n) is 2.99. The van der Waals surface area contributed by atoms with Crippen molar-refractivity contribution in [3.8, 4) is 12.3 Å². The van der Waals surface area contributed by atoms with Crippen LogP contribution in [-0.4, -0.2) is 14.5 Å². The lowest BCUT2D eigenvalue weighted by Gasteiger charge is -2.15. The zero-order valence-corrected chi connectivity index (χ0v) is 12.3. The molecule has 1 atom stereocenters. The Labute approximate surface area is 115 Å². The molecular formula is C14H20N2O2S. The highest BCUT2D eigenvalue weighted by Crippen LogP contribution is 2.23. The molecule has 0 spiro atoms. The van der Waals surface area contributed by atoms with E-state index < -0.39 is 16.1 Å². The Kier molecular flexibility index (Phi) is 4.98. The van der Waals surface area contributed by atoms with E-state index in [1.54, 1.807) is 12.1 Å². The van der Waals surface area contributed by atoms with E-state index in [0.717, 1.165) is 17.5 Å². The summed E-state index contributed by atoms with van der Waals surface area (Å²) in [6, 6.07) is 2.73. The van der Waals surface area contributed by atoms with Crippen molar-refractivity contribution in [1.82, 2.24) is 4.72 Å². The molecule has 0 heterocycles. The van der Waals surface area contributed by atoms with E-state index >= 15 is 0 Å². The lowest BCUT2D eigenvalue weighted by molar-refractivity contribution is 0.564. The molecule has 1 unspecified atom stereocenters. The molecule has 0 aliphatic carbocycles. The molecule has 1 rings (SSSR count). The Morgan fingerprint density at radius 1 is 1.37 bits per heavy atom. The maximum absolute atomic E-state index is 12.3. The number of nitrogens with two attached hydrogens (primary N) is 1. The summed E-state index contributed by atoms with van der Waals surface area (Å²) in [6.45, 7) is 5.68. The van der Waals surface area contributed by atoms with Gasteiger partial charge in [0.05, 0.1) is 11.7 Å². The van der Waals surface area contributed by atoms with Gasteiger partial charge in [-0.2, -0.15) is 4.72 Å². The van der Waals surface area contributed by atoms with Gasteiger partial charge in [-0.05, 0) is 43.5 Å². The molecule has 104 valence electrons. The number of hydrogen-bond acceptors (Lipinski definition) is 3. The summed E-state index contributed by atoms with van der Waals surface area (Å²) in [7, 11) is -3.68. The topological polar surface area (TPSA) is 72.2 Å². The van der Waals surface area contributed by atoms with Gasteiger partial charge in [0.2, 0.25) is 10.0 Å². The number of nitrogen functional groups attached to an aromatic ring is 1.